The van der Waals surface area contributed by atoms with E-state index >= 15 is 0 Å². The van der Waals surface area contributed by atoms with Crippen LogP contribution in [0.25, 0.3) is 43.6 Å². The number of nitrogens with zero attached hydrogens (tertiary/aromatic N) is 16. The van der Waals surface area contributed by atoms with E-state index in [1.165, 1.54) is 119 Å². The standard InChI is InChI=1S/C9H11N.2C9H7N.C9H10O.C9H10S.2C8H6N2.C6H7N.C5H6N2.2C4H5N3.18C2H6/c2*1-2-6-9-8(4-1)5-3-7-10-9;1-2-4-9-7-10-6-5-8(9)3-1;2*1-2-6-9-8(4-1)5-3-7-10-9;1-2-4-8-7(3-1)5-9-6-10-8;1-2-4-8-7(3-1)9-5-6-10-8;1-6-2-4-7-5-3-6;1-5-2-3-6-4-7-5;1-4-6-2-5-3-7-4;1-4-2-6-7-3-5-4;18*1-2/h3,5,7H,1-2,4,6H2;2*1-7H;2*1-2,4,6H,3,5,7H2;2*1-6H;2-5H,1H3;2-4H,1H3;2*2-3H,1H3;18*1-2H3. The van der Waals surface area contributed by atoms with Gasteiger partial charge in [-0.15, -0.1) is 16.9 Å². The average molecular weight is 1850 g/mol. The van der Waals surface area contributed by atoms with Crippen molar-refractivity contribution in [2.75, 3.05) is 12.4 Å². The molecule has 15 aromatic rings. The lowest BCUT2D eigenvalue weighted by Gasteiger charge is -2.15. The van der Waals surface area contributed by atoms with Crippen LogP contribution in [0.15, 0.2) is 299 Å². The van der Waals surface area contributed by atoms with Crippen LogP contribution in [-0.4, -0.2) is 92.3 Å². The fourth-order valence-corrected chi connectivity index (χ4v) is 10.4. The summed E-state index contributed by atoms with van der Waals surface area (Å²) in [5.74, 6) is 3.14. The van der Waals surface area contributed by atoms with E-state index in [1.807, 2.05) is 447 Å². The maximum absolute atomic E-state index is 5.42. The summed E-state index contributed by atoms with van der Waals surface area (Å²) < 4.78 is 5.42. The third-order valence-corrected chi connectivity index (χ3v) is 15.6. The molecule has 9 aromatic heterocycles. The van der Waals surface area contributed by atoms with Gasteiger partial charge in [0.2, 0.25) is 0 Å². The van der Waals surface area contributed by atoms with Gasteiger partial charge in [-0.25, -0.2) is 39.9 Å². The third-order valence-electron chi connectivity index (χ3n) is 14.4. The van der Waals surface area contributed by atoms with Crippen LogP contribution in [0.4, 0.5) is 0 Å². The van der Waals surface area contributed by atoms with Crippen LogP contribution in [0.1, 0.15) is 320 Å². The van der Waals surface area contributed by atoms with Crippen molar-refractivity contribution >= 4 is 55.4 Å². The van der Waals surface area contributed by atoms with Crippen LogP contribution in [-0.2, 0) is 25.7 Å². The van der Waals surface area contributed by atoms with Gasteiger partial charge in [0.15, 0.2) is 0 Å². The monoisotopic (exact) mass is 1850 g/mol. The molecule has 18 heteroatoms. The van der Waals surface area contributed by atoms with Gasteiger partial charge in [0.1, 0.15) is 43.2 Å². The van der Waals surface area contributed by atoms with Crippen molar-refractivity contribution in [1.29, 1.82) is 0 Å². The molecule has 11 heterocycles. The number of thioether (sulfide) groups is 1. The second kappa shape index (κ2) is 126. The average Bonchev–Trinajstić information content (AvgIpc) is 0.908. The Morgan fingerprint density at radius 1 is 0.239 bits per heavy atom. The number of aromatic nitrogens is 16. The zero-order valence-corrected chi connectivity index (χ0v) is 92.6. The van der Waals surface area contributed by atoms with Gasteiger partial charge < -0.3 is 4.74 Å². The molecule has 1 aliphatic carbocycles. The molecule has 0 bridgehead atoms. The summed E-state index contributed by atoms with van der Waals surface area (Å²) >= 11 is 1.99. The topological polar surface area (TPSA) is 215 Å². The van der Waals surface area contributed by atoms with Gasteiger partial charge in [0, 0.05) is 89.0 Å². The molecule has 2 aliphatic heterocycles. The fraction of sp³-hybridized carbons (Fsp3) is 0.431. The molecular weight excluding hydrogens is 1670 g/mol. The Morgan fingerprint density at radius 3 is 1.09 bits per heavy atom. The molecule has 3 aliphatic rings. The smallest absolute Gasteiger partial charge is 0.138 e. The van der Waals surface area contributed by atoms with E-state index in [4.69, 9.17) is 4.74 Å². The van der Waals surface area contributed by atoms with Crippen LogP contribution >= 0.6 is 11.8 Å². The zero-order chi connectivity index (χ0) is 104. The molecule has 0 spiro atoms. The van der Waals surface area contributed by atoms with Crippen LogP contribution in [0.5, 0.6) is 5.75 Å². The van der Waals surface area contributed by atoms with Crippen molar-refractivity contribution in [3.8, 4) is 5.75 Å². The van der Waals surface area contributed by atoms with Gasteiger partial charge in [0.25, 0.3) is 0 Å². The molecule has 0 N–H and O–H groups in total. The van der Waals surface area contributed by atoms with Gasteiger partial charge >= 0.3 is 0 Å². The third kappa shape index (κ3) is 80.1. The minimum absolute atomic E-state index is 0.759. The fourth-order valence-electron chi connectivity index (χ4n) is 9.38. The van der Waals surface area contributed by atoms with E-state index in [-0.39, 0.29) is 0 Å². The predicted molar refractivity (Wildman–Crippen MR) is 598 cm³/mol. The molecule has 0 unspecified atom stereocenters. The normalized spacial score (nSPS) is 9.22. The van der Waals surface area contributed by atoms with Crippen LogP contribution in [0, 0.1) is 27.7 Å². The zero-order valence-electron chi connectivity index (χ0n) is 91.8. The summed E-state index contributed by atoms with van der Waals surface area (Å²) in [4.78, 5) is 56.6. The Bertz CT molecular complexity index is 3740. The quantitative estimate of drug-likeness (QED) is 0.138. The van der Waals surface area contributed by atoms with Gasteiger partial charge in [-0.2, -0.15) is 5.10 Å². The minimum Gasteiger partial charge on any atom is -0.493 e. The molecule has 6 aromatic carbocycles. The van der Waals surface area contributed by atoms with Gasteiger partial charge in [0.05, 0.1) is 40.6 Å². The highest BCUT2D eigenvalue weighted by Crippen LogP contribution is 2.29. The Balaban J connectivity index is -0.000000134. The first-order valence-corrected chi connectivity index (χ1v) is 51.3. The highest BCUT2D eigenvalue weighted by molar-refractivity contribution is 7.99. The Morgan fingerprint density at radius 2 is 0.642 bits per heavy atom. The van der Waals surface area contributed by atoms with E-state index in [1.54, 1.807) is 49.1 Å². The van der Waals surface area contributed by atoms with Crippen molar-refractivity contribution in [1.82, 2.24) is 80.0 Å². The minimum atomic E-state index is 0.759. The molecule has 18 rings (SSSR count). The van der Waals surface area contributed by atoms with Gasteiger partial charge in [-0.1, -0.05) is 371 Å². The summed E-state index contributed by atoms with van der Waals surface area (Å²) in [5.41, 5.74) is 12.8. The SMILES string of the molecule is CC.CC.CC.CC.CC.CC.CC.CC.CC.CC.CC.CC.CC.CC.CC.CC.CC.CC.Cc1ccncc1.Cc1ccncn1.Cc1cnncn1.Cc1ncncn1.c1ccc2c(c1)CCCO2.c1ccc2c(c1)CCCS2.c1ccc2cnccc2c1.c1ccc2ncccc2c1.c1ccc2nccnc2c1.c1ccc2ncncc2c1.c1cnc2c(c1)CCCC2. The second-order valence-electron chi connectivity index (χ2n) is 21.8. The Hall–Kier alpha value is -11.6. The van der Waals surface area contributed by atoms with Crippen molar-refractivity contribution in [3.63, 3.8) is 0 Å². The number of rotatable bonds is 0. The number of pyridine rings is 4. The molecule has 0 amide bonds. The van der Waals surface area contributed by atoms with Crippen molar-refractivity contribution in [2.24, 2.45) is 0 Å². The lowest BCUT2D eigenvalue weighted by Crippen LogP contribution is -2.07. The highest BCUT2D eigenvalue weighted by atomic mass is 32.2. The summed E-state index contributed by atoms with van der Waals surface area (Å²) in [5, 5.41) is 11.8. The van der Waals surface area contributed by atoms with E-state index in [9.17, 15) is 0 Å². The molecule has 0 atom stereocenters. The summed E-state index contributed by atoms with van der Waals surface area (Å²) in [6.07, 6.45) is 37.0. The predicted octanol–water partition coefficient (Wildman–Crippen LogP) is 35.4. The summed E-state index contributed by atoms with van der Waals surface area (Å²) in [6, 6.07) is 65.0. The molecule has 17 nitrogen and oxygen atoms in total. The van der Waals surface area contributed by atoms with E-state index < -0.39 is 0 Å². The first kappa shape index (κ1) is 145. The first-order chi connectivity index (χ1) is 66.3. The molecule has 0 fully saturated rings. The van der Waals surface area contributed by atoms with Crippen LogP contribution < -0.4 is 4.74 Å². The number of aryl methyl sites for hydroxylation is 8. The second-order valence-corrected chi connectivity index (χ2v) is 22.9. The Kier molecular flexibility index (Phi) is 136. The maximum atomic E-state index is 5.42. The molecule has 0 saturated heterocycles. The first-order valence-electron chi connectivity index (χ1n) is 50.3. The number of ether oxygens (including phenoxy) is 1. The van der Waals surface area contributed by atoms with Crippen LogP contribution in [0.2, 0.25) is 0 Å². The molecule has 0 radical (unpaired) electrons. The van der Waals surface area contributed by atoms with E-state index in [0.29, 0.717) is 0 Å². The maximum Gasteiger partial charge on any atom is 0.138 e. The number of benzene rings is 6. The highest BCUT2D eigenvalue weighted by Gasteiger charge is 2.09. The Labute approximate surface area is 825 Å². The van der Waals surface area contributed by atoms with Gasteiger partial charge in [-0.3, -0.25) is 29.9 Å². The summed E-state index contributed by atoms with van der Waals surface area (Å²) in [7, 11) is 0. The van der Waals surface area contributed by atoms with E-state index in [2.05, 4.69) is 147 Å². The molecule has 134 heavy (non-hydrogen) atoms. The van der Waals surface area contributed by atoms with Crippen molar-refractivity contribution in [2.45, 2.75) is 333 Å². The molecule has 0 saturated carbocycles. The lowest BCUT2D eigenvalue weighted by atomic mass is 9.96. The van der Waals surface area contributed by atoms with Gasteiger partial charge in [-0.05, 0) is 191 Å². The molecular formula is C116H188N16OS. The van der Waals surface area contributed by atoms with Crippen LogP contribution in [0.3, 0.4) is 0 Å². The molecule has 744 valence electrons. The number of para-hydroxylation sites is 5. The lowest BCUT2D eigenvalue weighted by molar-refractivity contribution is 0.288. The van der Waals surface area contributed by atoms with E-state index in [0.717, 1.165) is 63.4 Å². The number of hydrogen-bond acceptors (Lipinski definition) is 18. The van der Waals surface area contributed by atoms with Crippen molar-refractivity contribution < 1.29 is 4.74 Å². The van der Waals surface area contributed by atoms with Crippen molar-refractivity contribution in [3.05, 3.63) is 339 Å². The number of hydrogen-bond donors (Lipinski definition) is 0. The largest absolute Gasteiger partial charge is 0.493 e. The number of fused-ring (bicyclic) bond motifs is 7. The summed E-state index contributed by atoms with van der Waals surface area (Å²) in [6.45, 7) is 80.6.